The van der Waals surface area contributed by atoms with Crippen LogP contribution in [0, 0.1) is 5.92 Å². The van der Waals surface area contributed by atoms with Gasteiger partial charge in [-0.15, -0.1) is 0 Å². The molecule has 24 heavy (non-hydrogen) atoms. The first-order valence-electron chi connectivity index (χ1n) is 8.12. The second kappa shape index (κ2) is 8.30. The molecule has 0 radical (unpaired) electrons. The number of hydrogen-bond donors (Lipinski definition) is 1. The molecule has 0 aromatic carbocycles. The van der Waals surface area contributed by atoms with Crippen LogP contribution >= 0.6 is 12.0 Å². The van der Waals surface area contributed by atoms with Crippen LogP contribution in [0.5, 0.6) is 0 Å². The Labute approximate surface area is 145 Å². The zero-order valence-electron chi connectivity index (χ0n) is 13.6. The Morgan fingerprint density at radius 3 is 3.08 bits per heavy atom. The fourth-order valence-corrected chi connectivity index (χ4v) is 3.51. The minimum absolute atomic E-state index is 0.225. The van der Waals surface area contributed by atoms with E-state index in [0.29, 0.717) is 17.5 Å². The zero-order valence-corrected chi connectivity index (χ0v) is 14.4. The quantitative estimate of drug-likeness (QED) is 0.834. The summed E-state index contributed by atoms with van der Waals surface area (Å²) in [6.45, 7) is 0.578. The third-order valence-electron chi connectivity index (χ3n) is 4.32. The predicted octanol–water partition coefficient (Wildman–Crippen LogP) is 3.57. The summed E-state index contributed by atoms with van der Waals surface area (Å²) >= 11 is 0.962. The van der Waals surface area contributed by atoms with E-state index >= 15 is 0 Å². The molecule has 1 fully saturated rings. The highest BCUT2D eigenvalue weighted by molar-refractivity contribution is 7.95. The van der Waals surface area contributed by atoms with E-state index in [9.17, 15) is 4.79 Å². The summed E-state index contributed by atoms with van der Waals surface area (Å²) in [7, 11) is 1.73. The summed E-state index contributed by atoms with van der Waals surface area (Å²) in [5, 5.41) is 4.41. The van der Waals surface area contributed by atoms with E-state index in [1.54, 1.807) is 19.5 Å². The highest BCUT2D eigenvalue weighted by Gasteiger charge is 2.25. The zero-order chi connectivity index (χ0) is 16.8. The smallest absolute Gasteiger partial charge is 0.381 e. The molecule has 1 saturated carbocycles. The molecular weight excluding hydrogens is 326 g/mol. The molecule has 2 aromatic rings. The molecule has 2 aromatic heterocycles. The van der Waals surface area contributed by atoms with Crippen LogP contribution in [0.2, 0.25) is 0 Å². The minimum atomic E-state index is -0.447. The number of nitrogens with zero attached hydrogens (tertiary/aromatic N) is 2. The third-order valence-corrected chi connectivity index (χ3v) is 4.95. The Hall–Kier alpha value is -1.86. The van der Waals surface area contributed by atoms with Gasteiger partial charge in [0.15, 0.2) is 0 Å². The monoisotopic (exact) mass is 347 g/mol. The lowest BCUT2D eigenvalue weighted by atomic mass is 9.86. The number of fused-ring (bicyclic) bond motifs is 1. The maximum absolute atomic E-state index is 11.9. The van der Waals surface area contributed by atoms with Gasteiger partial charge in [-0.1, -0.05) is 12.8 Å². The van der Waals surface area contributed by atoms with Crippen molar-refractivity contribution in [1.29, 1.82) is 0 Å². The third kappa shape index (κ3) is 4.36. The second-order valence-electron chi connectivity index (χ2n) is 5.87. The number of pyridine rings is 2. The fraction of sp³-hybridized carbons (Fsp3) is 0.471. The summed E-state index contributed by atoms with van der Waals surface area (Å²) < 4.78 is 10.7. The Kier molecular flexibility index (Phi) is 5.87. The standard InChI is InChI=1S/C17H21N3O3S/c1-22-15-5-3-2-4-13(15)11-19-17(21)23-24-16-7-6-12-10-18-9-8-14(12)20-16/h6-10,13,15H,2-5,11H2,1H3,(H,19,21). The molecule has 1 N–H and O–H groups in total. The topological polar surface area (TPSA) is 73.3 Å². The molecular formula is C17H21N3O3S. The molecule has 3 rings (SSSR count). The van der Waals surface area contributed by atoms with Gasteiger partial charge >= 0.3 is 6.09 Å². The van der Waals surface area contributed by atoms with Gasteiger partial charge in [-0.25, -0.2) is 9.78 Å². The number of hydrogen-bond acceptors (Lipinski definition) is 6. The van der Waals surface area contributed by atoms with E-state index in [2.05, 4.69) is 15.3 Å². The molecule has 0 bridgehead atoms. The average Bonchev–Trinajstić information content (AvgIpc) is 2.64. The first kappa shape index (κ1) is 17.0. The van der Waals surface area contributed by atoms with Crippen molar-refractivity contribution in [3.8, 4) is 0 Å². The molecule has 1 aliphatic rings. The van der Waals surface area contributed by atoms with Crippen molar-refractivity contribution in [2.75, 3.05) is 13.7 Å². The molecule has 1 amide bonds. The molecule has 128 valence electrons. The number of rotatable bonds is 5. The summed E-state index contributed by atoms with van der Waals surface area (Å²) in [5.74, 6) is 0.354. The Morgan fingerprint density at radius 2 is 2.21 bits per heavy atom. The lowest BCUT2D eigenvalue weighted by Crippen LogP contribution is -2.37. The van der Waals surface area contributed by atoms with Gasteiger partial charge in [0.25, 0.3) is 0 Å². The summed E-state index contributed by atoms with van der Waals surface area (Å²) in [5.41, 5.74) is 0.823. The SMILES string of the molecule is COC1CCCCC1CNC(=O)OSc1ccc2cnccc2n1. The minimum Gasteiger partial charge on any atom is -0.381 e. The Bertz CT molecular complexity index is 698. The van der Waals surface area contributed by atoms with Gasteiger partial charge in [-0.2, -0.15) is 0 Å². The van der Waals surface area contributed by atoms with Gasteiger partial charge in [0.1, 0.15) is 17.1 Å². The molecule has 2 unspecified atom stereocenters. The number of aromatic nitrogens is 2. The Balaban J connectivity index is 1.47. The molecule has 7 heteroatoms. The van der Waals surface area contributed by atoms with E-state index in [1.165, 1.54) is 12.8 Å². The molecule has 0 aliphatic heterocycles. The number of amides is 1. The molecule has 1 aliphatic carbocycles. The largest absolute Gasteiger partial charge is 0.419 e. The molecule has 0 spiro atoms. The van der Waals surface area contributed by atoms with Crippen LogP contribution in [0.3, 0.4) is 0 Å². The second-order valence-corrected chi connectivity index (χ2v) is 6.62. The van der Waals surface area contributed by atoms with Crippen LogP contribution in [-0.2, 0) is 8.92 Å². The van der Waals surface area contributed by atoms with Crippen LogP contribution < -0.4 is 5.32 Å². The van der Waals surface area contributed by atoms with Crippen LogP contribution in [0.15, 0.2) is 35.6 Å². The molecule has 2 atom stereocenters. The van der Waals surface area contributed by atoms with Crippen molar-refractivity contribution in [1.82, 2.24) is 15.3 Å². The first-order chi connectivity index (χ1) is 11.8. The number of methoxy groups -OCH3 is 1. The lowest BCUT2D eigenvalue weighted by Gasteiger charge is -2.30. The Morgan fingerprint density at radius 1 is 1.33 bits per heavy atom. The van der Waals surface area contributed by atoms with Crippen molar-refractivity contribution in [2.45, 2.75) is 36.8 Å². The number of carbonyl (C=O) groups is 1. The van der Waals surface area contributed by atoms with Crippen molar-refractivity contribution < 1.29 is 13.7 Å². The average molecular weight is 347 g/mol. The van der Waals surface area contributed by atoms with Crippen LogP contribution in [0.1, 0.15) is 25.7 Å². The van der Waals surface area contributed by atoms with Gasteiger partial charge in [0, 0.05) is 37.4 Å². The van der Waals surface area contributed by atoms with Crippen molar-refractivity contribution in [3.05, 3.63) is 30.6 Å². The highest BCUT2D eigenvalue weighted by Crippen LogP contribution is 2.26. The number of nitrogens with one attached hydrogen (secondary N) is 1. The maximum atomic E-state index is 11.9. The van der Waals surface area contributed by atoms with Crippen molar-refractivity contribution in [3.63, 3.8) is 0 Å². The van der Waals surface area contributed by atoms with E-state index in [4.69, 9.17) is 8.92 Å². The fourth-order valence-electron chi connectivity index (χ4n) is 3.03. The van der Waals surface area contributed by atoms with Crippen molar-refractivity contribution >= 4 is 29.0 Å². The van der Waals surface area contributed by atoms with Gasteiger partial charge in [0.2, 0.25) is 0 Å². The van der Waals surface area contributed by atoms with E-state index < -0.39 is 6.09 Å². The van der Waals surface area contributed by atoms with E-state index in [1.807, 2.05) is 18.2 Å². The molecule has 6 nitrogen and oxygen atoms in total. The molecule has 2 heterocycles. The van der Waals surface area contributed by atoms with Crippen LogP contribution in [0.25, 0.3) is 10.9 Å². The number of carbonyl (C=O) groups excluding carboxylic acids is 1. The summed E-state index contributed by atoms with van der Waals surface area (Å²) in [6.07, 6.45) is 7.73. The number of ether oxygens (including phenoxy) is 1. The van der Waals surface area contributed by atoms with Gasteiger partial charge < -0.3 is 14.2 Å². The summed E-state index contributed by atoms with van der Waals surface area (Å²) in [4.78, 5) is 20.4. The van der Waals surface area contributed by atoms with Gasteiger partial charge in [-0.05, 0) is 31.0 Å². The normalized spacial score (nSPS) is 20.7. The predicted molar refractivity (Wildman–Crippen MR) is 92.6 cm³/mol. The summed E-state index contributed by atoms with van der Waals surface area (Å²) in [6, 6.07) is 5.54. The van der Waals surface area contributed by atoms with Crippen LogP contribution in [-0.4, -0.2) is 35.8 Å². The van der Waals surface area contributed by atoms with Gasteiger partial charge in [0.05, 0.1) is 11.6 Å². The van der Waals surface area contributed by atoms with Gasteiger partial charge in [-0.3, -0.25) is 4.98 Å². The first-order valence-corrected chi connectivity index (χ1v) is 8.86. The van der Waals surface area contributed by atoms with E-state index in [0.717, 1.165) is 35.8 Å². The van der Waals surface area contributed by atoms with Crippen molar-refractivity contribution in [2.24, 2.45) is 5.92 Å². The van der Waals surface area contributed by atoms with E-state index in [-0.39, 0.29) is 6.10 Å². The lowest BCUT2D eigenvalue weighted by molar-refractivity contribution is 0.0245. The molecule has 0 saturated heterocycles. The van der Waals surface area contributed by atoms with Crippen LogP contribution in [0.4, 0.5) is 4.79 Å². The highest BCUT2D eigenvalue weighted by atomic mass is 32.2. The maximum Gasteiger partial charge on any atom is 0.419 e.